The van der Waals surface area contributed by atoms with Crippen molar-refractivity contribution >= 4 is 106 Å². The first-order valence-corrected chi connectivity index (χ1v) is 3.27. The molecule has 0 aliphatic carbocycles. The van der Waals surface area contributed by atoms with Crippen LogP contribution in [-0.4, -0.2) is 85.3 Å². The van der Waals surface area contributed by atoms with Gasteiger partial charge in [-0.3, -0.25) is 0 Å². The Labute approximate surface area is 118 Å². The Morgan fingerprint density at radius 1 is 1.25 bits per heavy atom. The Bertz CT molecular complexity index is 61.4. The van der Waals surface area contributed by atoms with E-state index in [1.165, 1.54) is 0 Å². The third-order valence-electron chi connectivity index (χ3n) is 0. The van der Waals surface area contributed by atoms with E-state index in [2.05, 4.69) is 11.2 Å². The minimum atomic E-state index is -4.17. The molecule has 0 saturated carbocycles. The average Bonchev–Trinajstić information content (AvgIpc) is 0.722. The summed E-state index contributed by atoms with van der Waals surface area (Å²) in [6.07, 6.45) is 0. The van der Waals surface area contributed by atoms with Gasteiger partial charge in [0.25, 0.3) is 0 Å². The first-order chi connectivity index (χ1) is 2.00. The van der Waals surface area contributed by atoms with Gasteiger partial charge in [0, 0.05) is 11.2 Å². The van der Waals surface area contributed by atoms with Crippen molar-refractivity contribution in [3.63, 3.8) is 0 Å². The van der Waals surface area contributed by atoms with Crippen molar-refractivity contribution in [3.05, 3.63) is 0 Å². The Kier molecular flexibility index (Phi) is 28.8. The zero-order valence-corrected chi connectivity index (χ0v) is 5.00. The van der Waals surface area contributed by atoms with Gasteiger partial charge in [-0.05, 0) is 0 Å². The molecular weight excluding hydrogens is 230 g/mol. The summed E-state index contributed by atoms with van der Waals surface area (Å²) in [4.78, 5) is 14.8. The summed E-state index contributed by atoms with van der Waals surface area (Å²) in [5.74, 6) is 0. The maximum atomic E-state index is 9.09. The van der Waals surface area contributed by atoms with Crippen molar-refractivity contribution in [2.24, 2.45) is 0 Å². The molecule has 0 bridgehead atoms. The fourth-order valence-corrected chi connectivity index (χ4v) is 0. The zero-order valence-electron chi connectivity index (χ0n) is 2.54. The molecule has 0 aliphatic rings. The molecule has 0 aromatic rings. The van der Waals surface area contributed by atoms with E-state index in [1.807, 2.05) is 0 Å². The van der Waals surface area contributed by atoms with Crippen LogP contribution in [0, 0.1) is 0 Å². The van der Waals surface area contributed by atoms with Crippen LogP contribution in [0.2, 0.25) is 0 Å². The fourth-order valence-electron chi connectivity index (χ4n) is 0. The SMILES string of the molecule is Cl.O=P(O)(O)Cl.[CaH2].[CaH2]. The molecule has 0 rings (SSSR count). The number of halogens is 2. The predicted octanol–water partition coefficient (Wildman–Crippen LogP) is -1.09. The molecule has 0 heterocycles. The number of rotatable bonds is 0. The van der Waals surface area contributed by atoms with Gasteiger partial charge in [-0.1, -0.05) is 0 Å². The number of hydrogen-bond donors (Lipinski definition) is 2. The van der Waals surface area contributed by atoms with Crippen LogP contribution in [0.25, 0.3) is 0 Å². The van der Waals surface area contributed by atoms with Crippen molar-refractivity contribution < 1.29 is 14.4 Å². The van der Waals surface area contributed by atoms with Crippen molar-refractivity contribution in [2.45, 2.75) is 0 Å². The summed E-state index contributed by atoms with van der Waals surface area (Å²) in [5, 5.41) is 0. The van der Waals surface area contributed by atoms with Gasteiger partial charge < -0.3 is 9.79 Å². The molecular formula is H7Ca2Cl2O3P. The van der Waals surface area contributed by atoms with Crippen molar-refractivity contribution in [1.29, 1.82) is 0 Å². The summed E-state index contributed by atoms with van der Waals surface area (Å²) in [5.41, 5.74) is 0. The van der Waals surface area contributed by atoms with E-state index in [4.69, 9.17) is 14.4 Å². The first-order valence-electron chi connectivity index (χ1n) is 0.752. The molecule has 0 saturated heterocycles. The van der Waals surface area contributed by atoms with Gasteiger partial charge in [0.05, 0.1) is 0 Å². The molecule has 48 valence electrons. The molecule has 8 heavy (non-hydrogen) atoms. The molecule has 0 fully saturated rings. The van der Waals surface area contributed by atoms with Gasteiger partial charge in [0.15, 0.2) is 0 Å². The zero-order chi connectivity index (χ0) is 4.50. The third kappa shape index (κ3) is 59.6. The van der Waals surface area contributed by atoms with E-state index in [1.54, 1.807) is 0 Å². The van der Waals surface area contributed by atoms with Crippen LogP contribution in [0.15, 0.2) is 0 Å². The third-order valence-corrected chi connectivity index (χ3v) is 0. The van der Waals surface area contributed by atoms with Crippen molar-refractivity contribution in [3.8, 4) is 0 Å². The normalized spacial score (nSPS) is 7.38. The summed E-state index contributed by atoms with van der Waals surface area (Å²) >= 11 is 4.20. The molecule has 0 aliphatic heterocycles. The molecule has 0 spiro atoms. The molecule has 0 aromatic carbocycles. The van der Waals surface area contributed by atoms with Gasteiger partial charge in [-0.2, -0.15) is 0 Å². The maximum absolute atomic E-state index is 9.09. The topological polar surface area (TPSA) is 57.5 Å². The molecule has 0 aromatic heterocycles. The van der Waals surface area contributed by atoms with Crippen LogP contribution < -0.4 is 0 Å². The van der Waals surface area contributed by atoms with Crippen molar-refractivity contribution in [2.75, 3.05) is 0 Å². The van der Waals surface area contributed by atoms with Crippen LogP contribution in [0.4, 0.5) is 0 Å². The quantitative estimate of drug-likeness (QED) is 0.415. The van der Waals surface area contributed by atoms with E-state index >= 15 is 0 Å². The van der Waals surface area contributed by atoms with Crippen LogP contribution in [0.1, 0.15) is 0 Å². The molecule has 3 nitrogen and oxygen atoms in total. The second-order valence-corrected chi connectivity index (χ2v) is 2.74. The summed E-state index contributed by atoms with van der Waals surface area (Å²) < 4.78 is 9.09. The van der Waals surface area contributed by atoms with Crippen LogP contribution >= 0.6 is 30.6 Å². The molecule has 8 heteroatoms. The van der Waals surface area contributed by atoms with Gasteiger partial charge in [0.1, 0.15) is 0 Å². The van der Waals surface area contributed by atoms with Crippen LogP contribution in [-0.2, 0) is 4.57 Å². The van der Waals surface area contributed by atoms with Gasteiger partial charge in [-0.15, -0.1) is 12.4 Å². The van der Waals surface area contributed by atoms with Crippen LogP contribution in [0.3, 0.4) is 0 Å². The minimum absolute atomic E-state index is 0. The standard InChI is InChI=1S/2Ca.ClH2O3P.ClH.4H/c;;1-5(2,3)4;;;;;/h;;(H2,2,3,4);1H;;;;. The molecule has 2 N–H and O–H groups in total. The predicted molar refractivity (Wildman–Crippen MR) is 42.2 cm³/mol. The van der Waals surface area contributed by atoms with Gasteiger partial charge >= 0.3 is 82.4 Å². The van der Waals surface area contributed by atoms with Gasteiger partial charge in [-0.25, -0.2) is 4.57 Å². The molecule has 0 atom stereocenters. The summed E-state index contributed by atoms with van der Waals surface area (Å²) in [7, 11) is 0. The Morgan fingerprint density at radius 2 is 1.25 bits per heavy atom. The average molecular weight is 237 g/mol. The molecule has 0 radical (unpaired) electrons. The number of hydrogen-bond acceptors (Lipinski definition) is 1. The fraction of sp³-hybridized carbons (Fsp3) is 0. The summed E-state index contributed by atoms with van der Waals surface area (Å²) in [6.45, 7) is -4.17. The van der Waals surface area contributed by atoms with Crippen molar-refractivity contribution in [1.82, 2.24) is 0 Å². The second kappa shape index (κ2) is 10.2. The first kappa shape index (κ1) is 22.5. The second-order valence-electron chi connectivity index (χ2n) is 0.473. The molecule has 0 unspecified atom stereocenters. The Morgan fingerprint density at radius 3 is 1.25 bits per heavy atom. The Balaban J connectivity index is -0.0000000267. The Hall–Kier alpha value is 3.25. The van der Waals surface area contributed by atoms with E-state index in [-0.39, 0.29) is 87.9 Å². The van der Waals surface area contributed by atoms with E-state index in [0.717, 1.165) is 0 Å². The van der Waals surface area contributed by atoms with E-state index in [9.17, 15) is 0 Å². The van der Waals surface area contributed by atoms with Gasteiger partial charge in [0.2, 0.25) is 0 Å². The monoisotopic (exact) mass is 236 g/mol. The molecule has 0 amide bonds. The van der Waals surface area contributed by atoms with E-state index in [0.29, 0.717) is 0 Å². The summed E-state index contributed by atoms with van der Waals surface area (Å²) in [6, 6.07) is 0. The van der Waals surface area contributed by atoms with Crippen LogP contribution in [0.5, 0.6) is 0 Å². The van der Waals surface area contributed by atoms with E-state index < -0.39 is 6.95 Å².